The predicted molar refractivity (Wildman–Crippen MR) is 86.5 cm³/mol. The lowest BCUT2D eigenvalue weighted by atomic mass is 10.0. The lowest BCUT2D eigenvalue weighted by Crippen LogP contribution is -2.28. The highest BCUT2D eigenvalue weighted by molar-refractivity contribution is 9.10. The molecule has 2 heterocycles. The Bertz CT molecular complexity index is 642. The van der Waals surface area contributed by atoms with Crippen molar-refractivity contribution >= 4 is 26.8 Å². The number of nitrogens with one attached hydrogen (secondary N) is 1. The summed E-state index contributed by atoms with van der Waals surface area (Å²) in [7, 11) is 3.88. The number of hydrogen-bond donors (Lipinski definition) is 1. The minimum atomic E-state index is 0.430. The van der Waals surface area contributed by atoms with E-state index in [0.717, 1.165) is 12.3 Å². The zero-order chi connectivity index (χ0) is 14.3. The number of aromatic nitrogens is 1. The number of piperidine rings is 1. The van der Waals surface area contributed by atoms with Gasteiger partial charge < -0.3 is 14.6 Å². The van der Waals surface area contributed by atoms with Gasteiger partial charge in [0.2, 0.25) is 0 Å². The van der Waals surface area contributed by atoms with Gasteiger partial charge in [-0.3, -0.25) is 0 Å². The van der Waals surface area contributed by atoms with Crippen molar-refractivity contribution in [3.05, 3.63) is 27.9 Å². The smallest absolute Gasteiger partial charge is 0.143 e. The van der Waals surface area contributed by atoms with Crippen LogP contribution in [-0.2, 0) is 7.05 Å². The third-order valence-electron chi connectivity index (χ3n) is 4.35. The molecule has 0 amide bonds. The topological polar surface area (TPSA) is 26.2 Å². The average molecular weight is 337 g/mol. The van der Waals surface area contributed by atoms with Crippen LogP contribution in [0.5, 0.6) is 5.75 Å². The summed E-state index contributed by atoms with van der Waals surface area (Å²) >= 11 is 3.84. The molecule has 1 aliphatic heterocycles. The van der Waals surface area contributed by atoms with Crippen molar-refractivity contribution in [1.82, 2.24) is 9.88 Å². The molecule has 1 N–H and O–H groups in total. The Labute approximate surface area is 128 Å². The lowest BCUT2D eigenvalue weighted by molar-refractivity contribution is 0.396. The molecule has 0 radical (unpaired) electrons. The molecule has 3 rings (SSSR count). The quantitative estimate of drug-likeness (QED) is 0.894. The maximum atomic E-state index is 5.56. The highest BCUT2D eigenvalue weighted by Crippen LogP contribution is 2.41. The summed E-state index contributed by atoms with van der Waals surface area (Å²) in [6.07, 6.45) is 3.77. The summed E-state index contributed by atoms with van der Waals surface area (Å²) in [6.45, 7) is 3.26. The lowest BCUT2D eigenvalue weighted by Gasteiger charge is -2.24. The second kappa shape index (κ2) is 5.41. The summed E-state index contributed by atoms with van der Waals surface area (Å²) in [5.41, 5.74) is 3.80. The molecule has 0 bridgehead atoms. The number of methoxy groups -OCH3 is 1. The van der Waals surface area contributed by atoms with Gasteiger partial charge in [-0.05, 0) is 53.9 Å². The third kappa shape index (κ3) is 2.06. The molecule has 1 aromatic carbocycles. The van der Waals surface area contributed by atoms with E-state index < -0.39 is 0 Å². The molecular weight excluding hydrogens is 316 g/mol. The predicted octanol–water partition coefficient (Wildman–Crippen LogP) is 4.07. The van der Waals surface area contributed by atoms with Crippen molar-refractivity contribution < 1.29 is 4.74 Å². The molecule has 108 valence electrons. The van der Waals surface area contributed by atoms with Crippen LogP contribution in [0.3, 0.4) is 0 Å². The van der Waals surface area contributed by atoms with Crippen molar-refractivity contribution in [3.63, 3.8) is 0 Å². The molecule has 0 aliphatic carbocycles. The van der Waals surface area contributed by atoms with Gasteiger partial charge in [0.1, 0.15) is 5.75 Å². The van der Waals surface area contributed by atoms with Crippen LogP contribution in [0.1, 0.15) is 36.6 Å². The van der Waals surface area contributed by atoms with Crippen LogP contribution in [0, 0.1) is 6.92 Å². The second-order valence-electron chi connectivity index (χ2n) is 5.57. The van der Waals surface area contributed by atoms with Gasteiger partial charge in [-0.15, -0.1) is 0 Å². The van der Waals surface area contributed by atoms with E-state index in [-0.39, 0.29) is 0 Å². The number of hydrogen-bond acceptors (Lipinski definition) is 2. The van der Waals surface area contributed by atoms with Gasteiger partial charge in [-0.1, -0.05) is 12.5 Å². The van der Waals surface area contributed by atoms with E-state index in [1.54, 1.807) is 7.11 Å². The van der Waals surface area contributed by atoms with Gasteiger partial charge in [0, 0.05) is 28.6 Å². The minimum absolute atomic E-state index is 0.430. The molecule has 0 saturated carbocycles. The number of nitrogens with zero attached hydrogens (tertiary/aromatic N) is 1. The molecule has 4 heteroatoms. The normalized spacial score (nSPS) is 19.5. The van der Waals surface area contributed by atoms with E-state index in [1.807, 2.05) is 0 Å². The Hall–Kier alpha value is -1.00. The summed E-state index contributed by atoms with van der Waals surface area (Å²) in [4.78, 5) is 0. The minimum Gasteiger partial charge on any atom is -0.495 e. The first kappa shape index (κ1) is 14.0. The first-order chi connectivity index (χ1) is 9.65. The maximum absolute atomic E-state index is 5.56. The van der Waals surface area contributed by atoms with Crippen LogP contribution in [-0.4, -0.2) is 18.2 Å². The van der Waals surface area contributed by atoms with E-state index in [0.29, 0.717) is 6.04 Å². The van der Waals surface area contributed by atoms with Crippen molar-refractivity contribution in [3.8, 4) is 5.75 Å². The SMILES string of the molecule is COc1ccc(C)c2c(Br)c(C3CCCCN3)n(C)c12. The molecule has 1 unspecified atom stereocenters. The van der Waals surface area contributed by atoms with Crippen LogP contribution < -0.4 is 10.1 Å². The molecular formula is C16H21BrN2O. The van der Waals surface area contributed by atoms with Crippen molar-refractivity contribution in [2.24, 2.45) is 7.05 Å². The monoisotopic (exact) mass is 336 g/mol. The van der Waals surface area contributed by atoms with Crippen LogP contribution in [0.25, 0.3) is 10.9 Å². The Kier molecular flexibility index (Phi) is 3.78. The van der Waals surface area contributed by atoms with Gasteiger partial charge in [0.05, 0.1) is 12.6 Å². The molecule has 1 fully saturated rings. The summed E-state index contributed by atoms with van der Waals surface area (Å²) in [6, 6.07) is 4.62. The Morgan fingerprint density at radius 3 is 2.80 bits per heavy atom. The zero-order valence-corrected chi connectivity index (χ0v) is 13.9. The van der Waals surface area contributed by atoms with Gasteiger partial charge in [0.25, 0.3) is 0 Å². The number of aryl methyl sites for hydroxylation is 2. The van der Waals surface area contributed by atoms with E-state index in [2.05, 4.69) is 51.9 Å². The molecule has 1 atom stereocenters. The Morgan fingerprint density at radius 2 is 2.15 bits per heavy atom. The Morgan fingerprint density at radius 1 is 1.35 bits per heavy atom. The molecule has 1 saturated heterocycles. The van der Waals surface area contributed by atoms with E-state index in [9.17, 15) is 0 Å². The number of fused-ring (bicyclic) bond motifs is 1. The summed E-state index contributed by atoms with van der Waals surface area (Å²) < 4.78 is 9.06. The fourth-order valence-corrected chi connectivity index (χ4v) is 4.36. The van der Waals surface area contributed by atoms with Crippen LogP contribution >= 0.6 is 15.9 Å². The highest BCUT2D eigenvalue weighted by Gasteiger charge is 2.25. The number of benzene rings is 1. The third-order valence-corrected chi connectivity index (χ3v) is 5.15. The molecule has 3 nitrogen and oxygen atoms in total. The number of rotatable bonds is 2. The van der Waals surface area contributed by atoms with Crippen LogP contribution in [0.4, 0.5) is 0 Å². The fourth-order valence-electron chi connectivity index (χ4n) is 3.32. The summed E-state index contributed by atoms with van der Waals surface area (Å²) in [5.74, 6) is 0.941. The van der Waals surface area contributed by atoms with Gasteiger partial charge in [0.15, 0.2) is 0 Å². The van der Waals surface area contributed by atoms with Crippen molar-refractivity contribution in [1.29, 1.82) is 0 Å². The maximum Gasteiger partial charge on any atom is 0.143 e. The van der Waals surface area contributed by atoms with Crippen molar-refractivity contribution in [2.45, 2.75) is 32.2 Å². The Balaban J connectivity index is 2.25. The van der Waals surface area contributed by atoms with Gasteiger partial charge in [-0.25, -0.2) is 0 Å². The fraction of sp³-hybridized carbons (Fsp3) is 0.500. The number of ether oxygens (including phenoxy) is 1. The number of halogens is 1. The van der Waals surface area contributed by atoms with Crippen LogP contribution in [0.2, 0.25) is 0 Å². The zero-order valence-electron chi connectivity index (χ0n) is 12.3. The molecule has 1 aromatic heterocycles. The molecule has 2 aromatic rings. The molecule has 1 aliphatic rings. The first-order valence-corrected chi connectivity index (χ1v) is 7.99. The average Bonchev–Trinajstić information content (AvgIpc) is 2.73. The van der Waals surface area contributed by atoms with Crippen LogP contribution in [0.15, 0.2) is 16.6 Å². The standard InChI is InChI=1S/C16H21BrN2O/c1-10-7-8-12(20-3)16-13(10)14(17)15(19(16)2)11-6-4-5-9-18-11/h7-8,11,18H,4-6,9H2,1-3H3. The first-order valence-electron chi connectivity index (χ1n) is 7.20. The molecule has 0 spiro atoms. The molecule has 20 heavy (non-hydrogen) atoms. The summed E-state index contributed by atoms with van der Waals surface area (Å²) in [5, 5.41) is 4.92. The van der Waals surface area contributed by atoms with E-state index >= 15 is 0 Å². The van der Waals surface area contributed by atoms with Gasteiger partial charge in [-0.2, -0.15) is 0 Å². The van der Waals surface area contributed by atoms with E-state index in [4.69, 9.17) is 4.74 Å². The largest absolute Gasteiger partial charge is 0.495 e. The van der Waals surface area contributed by atoms with Crippen molar-refractivity contribution in [2.75, 3.05) is 13.7 Å². The van der Waals surface area contributed by atoms with E-state index in [1.165, 1.54) is 45.9 Å². The second-order valence-corrected chi connectivity index (χ2v) is 6.36. The highest BCUT2D eigenvalue weighted by atomic mass is 79.9. The van der Waals surface area contributed by atoms with Gasteiger partial charge >= 0.3 is 0 Å².